The van der Waals surface area contributed by atoms with Crippen LogP contribution in [0.3, 0.4) is 0 Å². The fraction of sp³-hybridized carbons (Fsp3) is 0.0435. The van der Waals surface area contributed by atoms with Gasteiger partial charge in [0, 0.05) is 15.2 Å². The summed E-state index contributed by atoms with van der Waals surface area (Å²) in [6.45, 7) is 1.83. The molecule has 0 aliphatic heterocycles. The van der Waals surface area contributed by atoms with E-state index in [4.69, 9.17) is 0 Å². The van der Waals surface area contributed by atoms with Crippen LogP contribution in [0.25, 0.3) is 10.8 Å². The number of fused-ring (bicyclic) bond motifs is 1. The molecule has 0 bridgehead atoms. The van der Waals surface area contributed by atoms with Crippen LogP contribution in [0.4, 0.5) is 5.69 Å². The number of nitrogens with one attached hydrogen (secondary N) is 1. The summed E-state index contributed by atoms with van der Waals surface area (Å²) in [5, 5.41) is 11.4. The number of hydrogen-bond acceptors (Lipinski definition) is 5. The minimum Gasteiger partial charge on any atom is -0.506 e. The first kappa shape index (κ1) is 22.3. The number of sulfonamides is 1. The maximum Gasteiger partial charge on any atom is 0.261 e. The molecule has 0 heterocycles. The third-order valence-corrected chi connectivity index (χ3v) is 8.66. The normalized spacial score (nSPS) is 12.1. The van der Waals surface area contributed by atoms with Crippen molar-refractivity contribution in [2.24, 2.45) is 0 Å². The van der Waals surface area contributed by atoms with Crippen molar-refractivity contribution in [1.82, 2.24) is 0 Å². The SMILES string of the molecule is Cc1ccc(S(=O)(=O)c2cc(NS(=O)(=O)c3ccc(Br)cc3)c3ccccc3c2O)cc1. The Labute approximate surface area is 194 Å². The summed E-state index contributed by atoms with van der Waals surface area (Å²) < 4.78 is 55.7. The van der Waals surface area contributed by atoms with Crippen molar-refractivity contribution in [1.29, 1.82) is 0 Å². The van der Waals surface area contributed by atoms with E-state index in [1.165, 1.54) is 30.3 Å². The lowest BCUT2D eigenvalue weighted by Crippen LogP contribution is -2.14. The number of hydrogen-bond donors (Lipinski definition) is 2. The highest BCUT2D eigenvalue weighted by atomic mass is 79.9. The van der Waals surface area contributed by atoms with Crippen molar-refractivity contribution in [3.05, 3.63) is 88.9 Å². The molecule has 0 aliphatic carbocycles. The molecule has 0 spiro atoms. The van der Waals surface area contributed by atoms with Crippen LogP contribution in [0.1, 0.15) is 5.56 Å². The summed E-state index contributed by atoms with van der Waals surface area (Å²) in [6, 6.07) is 19.9. The third kappa shape index (κ3) is 4.11. The second kappa shape index (κ2) is 8.23. The number of phenols is 1. The minimum atomic E-state index is -4.12. The van der Waals surface area contributed by atoms with Crippen molar-refractivity contribution >= 4 is 52.3 Å². The number of benzene rings is 4. The first-order chi connectivity index (χ1) is 15.1. The largest absolute Gasteiger partial charge is 0.506 e. The molecule has 0 radical (unpaired) electrons. The molecule has 0 saturated heterocycles. The summed E-state index contributed by atoms with van der Waals surface area (Å²) in [4.78, 5) is -0.371. The third-order valence-electron chi connectivity index (χ3n) is 4.97. The summed E-state index contributed by atoms with van der Waals surface area (Å²) in [7, 11) is -8.13. The summed E-state index contributed by atoms with van der Waals surface area (Å²) in [5.74, 6) is -0.437. The van der Waals surface area contributed by atoms with E-state index >= 15 is 0 Å². The number of rotatable bonds is 5. The van der Waals surface area contributed by atoms with Crippen LogP contribution in [-0.4, -0.2) is 21.9 Å². The second-order valence-corrected chi connectivity index (χ2v) is 11.7. The van der Waals surface area contributed by atoms with Crippen LogP contribution >= 0.6 is 15.9 Å². The highest BCUT2D eigenvalue weighted by Crippen LogP contribution is 2.40. The number of phenolic OH excluding ortho intramolecular Hbond substituents is 1. The van der Waals surface area contributed by atoms with Gasteiger partial charge in [-0.2, -0.15) is 0 Å². The van der Waals surface area contributed by atoms with Gasteiger partial charge in [0.25, 0.3) is 10.0 Å². The first-order valence-electron chi connectivity index (χ1n) is 9.44. The predicted molar refractivity (Wildman–Crippen MR) is 127 cm³/mol. The number of halogens is 1. The maximum absolute atomic E-state index is 13.3. The van der Waals surface area contributed by atoms with Crippen molar-refractivity contribution in [3.63, 3.8) is 0 Å². The van der Waals surface area contributed by atoms with Gasteiger partial charge in [-0.15, -0.1) is 0 Å². The molecule has 0 unspecified atom stereocenters. The molecule has 6 nitrogen and oxygen atoms in total. The molecular weight excluding hydrogens is 514 g/mol. The Balaban J connectivity index is 1.91. The fourth-order valence-electron chi connectivity index (χ4n) is 3.29. The van der Waals surface area contributed by atoms with E-state index < -0.39 is 25.6 Å². The van der Waals surface area contributed by atoms with Gasteiger partial charge in [-0.1, -0.05) is 57.9 Å². The van der Waals surface area contributed by atoms with Gasteiger partial charge in [-0.3, -0.25) is 4.72 Å². The lowest BCUT2D eigenvalue weighted by molar-refractivity contribution is 0.465. The molecule has 0 aliphatic rings. The van der Waals surface area contributed by atoms with Gasteiger partial charge < -0.3 is 5.11 Å². The Kier molecular flexibility index (Phi) is 5.74. The van der Waals surface area contributed by atoms with Gasteiger partial charge in [0.15, 0.2) is 0 Å². The molecule has 2 N–H and O–H groups in total. The standard InChI is InChI=1S/C23H18BrNO5S2/c1-15-6-10-17(11-7-15)31(27,28)22-14-21(19-4-2-3-5-20(19)23(22)26)25-32(29,30)18-12-8-16(24)9-13-18/h2-14,25-26H,1H3. The zero-order chi connectivity index (χ0) is 23.1. The summed E-state index contributed by atoms with van der Waals surface area (Å²) in [6.07, 6.45) is 0. The fourth-order valence-corrected chi connectivity index (χ4v) is 6.01. The minimum absolute atomic E-state index is 0.00426. The molecule has 0 fully saturated rings. The molecule has 164 valence electrons. The van der Waals surface area contributed by atoms with Gasteiger partial charge in [0.05, 0.1) is 15.5 Å². The van der Waals surface area contributed by atoms with Gasteiger partial charge in [0.2, 0.25) is 9.84 Å². The zero-order valence-electron chi connectivity index (χ0n) is 16.8. The molecule has 0 aromatic heterocycles. The predicted octanol–water partition coefficient (Wildman–Crippen LogP) is 5.25. The van der Waals surface area contributed by atoms with E-state index in [-0.39, 0.29) is 25.8 Å². The molecular formula is C23H18BrNO5S2. The molecule has 32 heavy (non-hydrogen) atoms. The van der Waals surface area contributed by atoms with Crippen LogP contribution in [-0.2, 0) is 19.9 Å². The molecule has 0 saturated carbocycles. The Morgan fingerprint density at radius 1 is 0.781 bits per heavy atom. The topological polar surface area (TPSA) is 101 Å². The average molecular weight is 532 g/mol. The number of sulfone groups is 1. The Bertz CT molecular complexity index is 1530. The van der Waals surface area contributed by atoms with Crippen molar-refractivity contribution in [2.75, 3.05) is 4.72 Å². The highest BCUT2D eigenvalue weighted by Gasteiger charge is 2.26. The van der Waals surface area contributed by atoms with Crippen LogP contribution in [0.15, 0.2) is 98.0 Å². The van der Waals surface area contributed by atoms with E-state index in [0.717, 1.165) is 16.1 Å². The monoisotopic (exact) mass is 531 g/mol. The van der Waals surface area contributed by atoms with E-state index in [1.807, 2.05) is 6.92 Å². The summed E-state index contributed by atoms with van der Waals surface area (Å²) >= 11 is 3.27. The maximum atomic E-state index is 13.3. The lowest BCUT2D eigenvalue weighted by Gasteiger charge is -2.15. The quantitative estimate of drug-likeness (QED) is 0.342. The molecule has 0 atom stereocenters. The van der Waals surface area contributed by atoms with Gasteiger partial charge in [-0.05, 0) is 49.4 Å². The number of aromatic hydroxyl groups is 1. The van der Waals surface area contributed by atoms with E-state index in [1.54, 1.807) is 42.5 Å². The number of aryl methyl sites for hydroxylation is 1. The van der Waals surface area contributed by atoms with Gasteiger partial charge >= 0.3 is 0 Å². The van der Waals surface area contributed by atoms with E-state index in [0.29, 0.717) is 5.39 Å². The number of anilines is 1. The molecule has 4 aromatic carbocycles. The molecule has 0 amide bonds. The first-order valence-corrected chi connectivity index (χ1v) is 13.2. The Morgan fingerprint density at radius 3 is 1.97 bits per heavy atom. The van der Waals surface area contributed by atoms with Crippen LogP contribution < -0.4 is 4.72 Å². The lowest BCUT2D eigenvalue weighted by atomic mass is 10.1. The molecule has 4 rings (SSSR count). The smallest absolute Gasteiger partial charge is 0.261 e. The second-order valence-electron chi connectivity index (χ2n) is 7.19. The molecule has 9 heteroatoms. The zero-order valence-corrected chi connectivity index (χ0v) is 20.0. The van der Waals surface area contributed by atoms with Crippen LogP contribution in [0, 0.1) is 6.92 Å². The average Bonchev–Trinajstić information content (AvgIpc) is 2.76. The Morgan fingerprint density at radius 2 is 1.34 bits per heavy atom. The van der Waals surface area contributed by atoms with Crippen molar-refractivity contribution < 1.29 is 21.9 Å². The van der Waals surface area contributed by atoms with Crippen molar-refractivity contribution in [3.8, 4) is 5.75 Å². The van der Waals surface area contributed by atoms with E-state index in [2.05, 4.69) is 20.7 Å². The molecule has 4 aromatic rings. The van der Waals surface area contributed by atoms with Crippen molar-refractivity contribution in [2.45, 2.75) is 21.6 Å². The van der Waals surface area contributed by atoms with Gasteiger partial charge in [0.1, 0.15) is 10.6 Å². The van der Waals surface area contributed by atoms with Gasteiger partial charge in [-0.25, -0.2) is 16.8 Å². The van der Waals surface area contributed by atoms with E-state index in [9.17, 15) is 21.9 Å². The summed E-state index contributed by atoms with van der Waals surface area (Å²) in [5.41, 5.74) is 0.932. The van der Waals surface area contributed by atoms with Crippen LogP contribution in [0.5, 0.6) is 5.75 Å². The Hall–Kier alpha value is -2.88. The highest BCUT2D eigenvalue weighted by molar-refractivity contribution is 9.10. The van der Waals surface area contributed by atoms with Crippen LogP contribution in [0.2, 0.25) is 0 Å².